The van der Waals surface area contributed by atoms with E-state index in [1.165, 1.54) is 25.1 Å². The second-order valence-corrected chi connectivity index (χ2v) is 5.98. The molecule has 0 radical (unpaired) electrons. The Kier molecular flexibility index (Phi) is 6.91. The summed E-state index contributed by atoms with van der Waals surface area (Å²) in [6.07, 6.45) is 0. The molecule has 0 atom stereocenters. The molecule has 0 aliphatic carbocycles. The number of nitro groups is 2. The van der Waals surface area contributed by atoms with Gasteiger partial charge in [0.2, 0.25) is 0 Å². The van der Waals surface area contributed by atoms with E-state index in [1.54, 1.807) is 20.8 Å². The Morgan fingerprint density at radius 2 is 1.32 bits per heavy atom. The van der Waals surface area contributed by atoms with E-state index < -0.39 is 21.8 Å². The van der Waals surface area contributed by atoms with Crippen LogP contribution in [0.3, 0.4) is 0 Å². The van der Waals surface area contributed by atoms with Crippen molar-refractivity contribution in [3.63, 3.8) is 0 Å². The number of aromatic carboxylic acids is 2. The molecule has 0 spiro atoms. The molecular weight excluding hydrogens is 372 g/mol. The summed E-state index contributed by atoms with van der Waals surface area (Å²) in [6, 6.07) is 5.41. The van der Waals surface area contributed by atoms with E-state index in [4.69, 9.17) is 10.2 Å². The molecule has 2 rings (SSSR count). The van der Waals surface area contributed by atoms with Crippen molar-refractivity contribution in [2.75, 3.05) is 0 Å². The van der Waals surface area contributed by atoms with Gasteiger partial charge >= 0.3 is 11.9 Å². The molecule has 0 aliphatic heterocycles. The Bertz CT molecular complexity index is 930. The Morgan fingerprint density at radius 1 is 0.786 bits per heavy atom. The number of aryl methyl sites for hydroxylation is 3. The van der Waals surface area contributed by atoms with Crippen molar-refractivity contribution in [1.29, 1.82) is 0 Å². The van der Waals surface area contributed by atoms with Gasteiger partial charge in [-0.15, -0.1) is 0 Å². The molecule has 10 nitrogen and oxygen atoms in total. The van der Waals surface area contributed by atoms with Gasteiger partial charge in [0, 0.05) is 22.8 Å². The molecule has 2 aromatic carbocycles. The van der Waals surface area contributed by atoms with Gasteiger partial charge < -0.3 is 10.2 Å². The fraction of sp³-hybridized carbons (Fsp3) is 0.222. The van der Waals surface area contributed by atoms with Crippen LogP contribution >= 0.6 is 0 Å². The highest BCUT2D eigenvalue weighted by molar-refractivity contribution is 5.91. The van der Waals surface area contributed by atoms with Crippen molar-refractivity contribution in [1.82, 2.24) is 0 Å². The van der Waals surface area contributed by atoms with Crippen LogP contribution in [0.15, 0.2) is 24.3 Å². The summed E-state index contributed by atoms with van der Waals surface area (Å²) in [6.45, 7) is 6.21. The highest BCUT2D eigenvalue weighted by Gasteiger charge is 2.20. The zero-order chi connectivity index (χ0) is 21.8. The molecule has 28 heavy (non-hydrogen) atoms. The first-order valence-electron chi connectivity index (χ1n) is 7.85. The predicted molar refractivity (Wildman–Crippen MR) is 99.1 cm³/mol. The van der Waals surface area contributed by atoms with Gasteiger partial charge in [0.25, 0.3) is 11.4 Å². The summed E-state index contributed by atoms with van der Waals surface area (Å²) in [5, 5.41) is 38.6. The summed E-state index contributed by atoms with van der Waals surface area (Å²) in [7, 11) is 0. The van der Waals surface area contributed by atoms with Crippen LogP contribution < -0.4 is 0 Å². The minimum Gasteiger partial charge on any atom is -0.478 e. The van der Waals surface area contributed by atoms with Gasteiger partial charge in [0.1, 0.15) is 0 Å². The van der Waals surface area contributed by atoms with Gasteiger partial charge in [-0.2, -0.15) is 0 Å². The number of nitro benzene ring substituents is 2. The maximum atomic E-state index is 10.7. The van der Waals surface area contributed by atoms with Gasteiger partial charge in [0.15, 0.2) is 0 Å². The van der Waals surface area contributed by atoms with Crippen LogP contribution in [0, 0.1) is 47.9 Å². The molecule has 0 saturated heterocycles. The zero-order valence-electron chi connectivity index (χ0n) is 15.5. The number of benzene rings is 2. The van der Waals surface area contributed by atoms with Crippen molar-refractivity contribution in [2.24, 2.45) is 0 Å². The lowest BCUT2D eigenvalue weighted by Crippen LogP contribution is -2.04. The first-order valence-corrected chi connectivity index (χ1v) is 7.85. The van der Waals surface area contributed by atoms with E-state index >= 15 is 0 Å². The van der Waals surface area contributed by atoms with E-state index in [9.17, 15) is 29.8 Å². The molecule has 0 saturated carbocycles. The van der Waals surface area contributed by atoms with Crippen LogP contribution in [-0.2, 0) is 0 Å². The number of hydrogen-bond acceptors (Lipinski definition) is 6. The summed E-state index contributed by atoms with van der Waals surface area (Å²) in [4.78, 5) is 41.4. The van der Waals surface area contributed by atoms with E-state index in [1.807, 2.05) is 0 Å². The van der Waals surface area contributed by atoms with Crippen LogP contribution in [0.4, 0.5) is 11.4 Å². The summed E-state index contributed by atoms with van der Waals surface area (Å²) < 4.78 is 0. The molecule has 0 heterocycles. The van der Waals surface area contributed by atoms with Crippen LogP contribution in [0.2, 0.25) is 0 Å². The first kappa shape index (κ1) is 22.2. The van der Waals surface area contributed by atoms with E-state index in [-0.39, 0.29) is 28.1 Å². The van der Waals surface area contributed by atoms with Crippen LogP contribution in [0.1, 0.15) is 43.0 Å². The molecule has 0 fully saturated rings. The van der Waals surface area contributed by atoms with Crippen LogP contribution in [0.25, 0.3) is 0 Å². The second kappa shape index (κ2) is 8.71. The lowest BCUT2D eigenvalue weighted by Gasteiger charge is -2.03. The standard InChI is InChI=1S/2C9H9NO4/c1-5-3-6(2)8(10(13)14)4-7(5)9(11)12;1-5-3-4-7(9(11)12)6(2)8(5)10(13)14/h2*3-4H,1-2H3,(H,11,12). The van der Waals surface area contributed by atoms with Gasteiger partial charge in [-0.3, -0.25) is 20.2 Å². The second-order valence-electron chi connectivity index (χ2n) is 5.98. The highest BCUT2D eigenvalue weighted by atomic mass is 16.6. The Morgan fingerprint density at radius 3 is 1.75 bits per heavy atom. The average molecular weight is 390 g/mol. The molecule has 2 N–H and O–H groups in total. The smallest absolute Gasteiger partial charge is 0.336 e. The molecule has 10 heteroatoms. The fourth-order valence-corrected chi connectivity index (χ4v) is 2.62. The summed E-state index contributed by atoms with van der Waals surface area (Å²) >= 11 is 0. The summed E-state index contributed by atoms with van der Waals surface area (Å²) in [5.41, 5.74) is 1.33. The molecule has 148 valence electrons. The van der Waals surface area contributed by atoms with E-state index in [2.05, 4.69) is 0 Å². The maximum absolute atomic E-state index is 10.7. The van der Waals surface area contributed by atoms with Gasteiger partial charge in [0.05, 0.1) is 21.0 Å². The quantitative estimate of drug-likeness (QED) is 0.588. The molecule has 0 aromatic heterocycles. The minimum atomic E-state index is -1.15. The third-order valence-electron chi connectivity index (χ3n) is 4.02. The summed E-state index contributed by atoms with van der Waals surface area (Å²) in [5.74, 6) is -2.30. The minimum absolute atomic E-state index is 0.0256. The molecule has 0 aliphatic rings. The van der Waals surface area contributed by atoms with Crippen molar-refractivity contribution in [3.8, 4) is 0 Å². The number of rotatable bonds is 4. The number of hydrogen-bond donors (Lipinski definition) is 2. The first-order chi connectivity index (χ1) is 12.9. The average Bonchev–Trinajstić information content (AvgIpc) is 2.53. The van der Waals surface area contributed by atoms with Crippen molar-refractivity contribution < 1.29 is 29.6 Å². The van der Waals surface area contributed by atoms with Gasteiger partial charge in [-0.1, -0.05) is 6.07 Å². The topological polar surface area (TPSA) is 161 Å². The van der Waals surface area contributed by atoms with Crippen LogP contribution in [0.5, 0.6) is 0 Å². The van der Waals surface area contributed by atoms with Crippen molar-refractivity contribution >= 4 is 23.3 Å². The monoisotopic (exact) mass is 390 g/mol. The Balaban J connectivity index is 0.000000280. The van der Waals surface area contributed by atoms with E-state index in [0.717, 1.165) is 6.07 Å². The molecule has 0 bridgehead atoms. The van der Waals surface area contributed by atoms with Crippen molar-refractivity contribution in [3.05, 3.63) is 77.9 Å². The zero-order valence-corrected chi connectivity index (χ0v) is 15.5. The normalized spacial score (nSPS) is 9.86. The third kappa shape index (κ3) is 4.87. The SMILES string of the molecule is Cc1cc(C)c([N+](=O)[O-])cc1C(=O)O.Cc1ccc(C(=O)O)c(C)c1[N+](=O)[O-]. The third-order valence-corrected chi connectivity index (χ3v) is 4.02. The van der Waals surface area contributed by atoms with Crippen LogP contribution in [-0.4, -0.2) is 32.0 Å². The van der Waals surface area contributed by atoms with E-state index in [0.29, 0.717) is 16.7 Å². The lowest BCUT2D eigenvalue weighted by molar-refractivity contribution is -0.386. The lowest BCUT2D eigenvalue weighted by atomic mass is 10.0. The fourth-order valence-electron chi connectivity index (χ4n) is 2.62. The number of carbonyl (C=O) groups is 2. The molecule has 0 unspecified atom stereocenters. The molecule has 0 amide bonds. The Hall–Kier alpha value is -3.82. The van der Waals surface area contributed by atoms with Gasteiger partial charge in [-0.25, -0.2) is 9.59 Å². The number of carboxylic acid groups (broad SMARTS) is 2. The van der Waals surface area contributed by atoms with Gasteiger partial charge in [-0.05, 0) is 45.4 Å². The molecule has 2 aromatic rings. The highest BCUT2D eigenvalue weighted by Crippen LogP contribution is 2.25. The van der Waals surface area contributed by atoms with Crippen molar-refractivity contribution in [2.45, 2.75) is 27.7 Å². The maximum Gasteiger partial charge on any atom is 0.336 e. The molecular formula is C18H18N2O8. The Labute approximate surface area is 159 Å². The number of nitrogens with zero attached hydrogens (tertiary/aromatic N) is 2. The number of carboxylic acids is 2. The predicted octanol–water partition coefficient (Wildman–Crippen LogP) is 3.82. The largest absolute Gasteiger partial charge is 0.478 e.